The summed E-state index contributed by atoms with van der Waals surface area (Å²) >= 11 is 12.5. The average molecular weight is 502 g/mol. The zero-order chi connectivity index (χ0) is 22.1. The Kier molecular flexibility index (Phi) is 7.92. The van der Waals surface area contributed by atoms with E-state index in [0.717, 1.165) is 55.8 Å². The highest BCUT2D eigenvalue weighted by molar-refractivity contribution is 6.43. The SMILES string of the molecule is Cl.Cn1c(=O)c2c(ncn2CCCCN2CCN(c3cccc(Cl)c3Cl)CC2)n(C)c1=O. The molecule has 1 aromatic carbocycles. The molecule has 3 aromatic rings. The topological polar surface area (TPSA) is 68.3 Å². The van der Waals surface area contributed by atoms with Crippen molar-refractivity contribution in [1.82, 2.24) is 23.6 Å². The van der Waals surface area contributed by atoms with Crippen molar-refractivity contribution in [2.75, 3.05) is 37.6 Å². The standard InChI is InChI=1S/C21H26Cl2N6O2.ClH/c1-25-19-18(20(30)26(2)21(25)31)29(14-24-19)9-4-3-8-27-10-12-28(13-11-27)16-7-5-6-15(22)17(16)23;/h5-7,14H,3-4,8-13H2,1-2H3;1H. The molecule has 8 nitrogen and oxygen atoms in total. The van der Waals surface area contributed by atoms with Gasteiger partial charge in [0.25, 0.3) is 5.56 Å². The molecule has 0 atom stereocenters. The Bertz CT molecular complexity index is 1210. The summed E-state index contributed by atoms with van der Waals surface area (Å²) in [5.41, 5.74) is 1.25. The molecule has 2 aromatic heterocycles. The number of anilines is 1. The Morgan fingerprint density at radius 1 is 0.969 bits per heavy atom. The van der Waals surface area contributed by atoms with E-state index in [1.807, 2.05) is 22.8 Å². The van der Waals surface area contributed by atoms with Gasteiger partial charge in [0, 0.05) is 46.8 Å². The largest absolute Gasteiger partial charge is 0.368 e. The molecule has 1 fully saturated rings. The van der Waals surface area contributed by atoms with Gasteiger partial charge in [0.05, 0.1) is 22.1 Å². The van der Waals surface area contributed by atoms with Gasteiger partial charge in [0.1, 0.15) is 0 Å². The maximum absolute atomic E-state index is 12.5. The summed E-state index contributed by atoms with van der Waals surface area (Å²) in [6.45, 7) is 5.47. The fourth-order valence-electron chi connectivity index (χ4n) is 4.13. The lowest BCUT2D eigenvalue weighted by atomic mass is 10.2. The first-order valence-electron chi connectivity index (χ1n) is 10.4. The van der Waals surface area contributed by atoms with Gasteiger partial charge in [0.15, 0.2) is 11.2 Å². The molecule has 11 heteroatoms. The number of imidazole rings is 1. The monoisotopic (exact) mass is 500 g/mol. The second-order valence-corrected chi connectivity index (χ2v) is 8.71. The fourth-order valence-corrected chi connectivity index (χ4v) is 4.55. The van der Waals surface area contributed by atoms with Gasteiger partial charge in [-0.1, -0.05) is 29.3 Å². The molecule has 0 unspecified atom stereocenters. The number of nitrogens with zero attached hydrogens (tertiary/aromatic N) is 6. The molecule has 0 radical (unpaired) electrons. The summed E-state index contributed by atoms with van der Waals surface area (Å²) in [6.07, 6.45) is 3.60. The lowest BCUT2D eigenvalue weighted by molar-refractivity contribution is 0.251. The van der Waals surface area contributed by atoms with E-state index in [9.17, 15) is 9.59 Å². The van der Waals surface area contributed by atoms with E-state index >= 15 is 0 Å². The number of benzene rings is 1. The van der Waals surface area contributed by atoms with Crippen LogP contribution in [-0.4, -0.2) is 56.3 Å². The van der Waals surface area contributed by atoms with Crippen LogP contribution in [0.15, 0.2) is 34.1 Å². The van der Waals surface area contributed by atoms with E-state index in [2.05, 4.69) is 14.8 Å². The highest BCUT2D eigenvalue weighted by Gasteiger charge is 2.19. The predicted molar refractivity (Wildman–Crippen MR) is 132 cm³/mol. The van der Waals surface area contributed by atoms with Crippen molar-refractivity contribution in [3.63, 3.8) is 0 Å². The zero-order valence-corrected chi connectivity index (χ0v) is 20.5. The van der Waals surface area contributed by atoms with Gasteiger partial charge in [0.2, 0.25) is 0 Å². The Balaban J connectivity index is 0.00000289. The number of unbranched alkanes of at least 4 members (excludes halogenated alkanes) is 1. The molecule has 32 heavy (non-hydrogen) atoms. The van der Waals surface area contributed by atoms with Crippen LogP contribution in [0.3, 0.4) is 0 Å². The number of halogens is 3. The van der Waals surface area contributed by atoms with Crippen LogP contribution in [0.5, 0.6) is 0 Å². The van der Waals surface area contributed by atoms with Crippen molar-refractivity contribution in [1.29, 1.82) is 0 Å². The maximum Gasteiger partial charge on any atom is 0.332 e. The van der Waals surface area contributed by atoms with E-state index in [1.54, 1.807) is 13.4 Å². The summed E-state index contributed by atoms with van der Waals surface area (Å²) in [5.74, 6) is 0. The third kappa shape index (κ3) is 4.69. The molecule has 1 saturated heterocycles. The third-order valence-corrected chi connectivity index (χ3v) is 6.79. The molecule has 3 heterocycles. The molecule has 4 rings (SSSR count). The van der Waals surface area contributed by atoms with Gasteiger partial charge in [-0.3, -0.25) is 18.8 Å². The number of fused-ring (bicyclic) bond motifs is 1. The van der Waals surface area contributed by atoms with E-state index in [4.69, 9.17) is 23.2 Å². The predicted octanol–water partition coefficient (Wildman–Crippen LogP) is 2.76. The molecule has 0 aliphatic carbocycles. The van der Waals surface area contributed by atoms with Gasteiger partial charge in [-0.15, -0.1) is 12.4 Å². The first-order valence-corrected chi connectivity index (χ1v) is 11.2. The molecule has 1 aliphatic rings. The Morgan fingerprint density at radius 3 is 2.38 bits per heavy atom. The van der Waals surface area contributed by atoms with Gasteiger partial charge in [-0.25, -0.2) is 9.78 Å². The van der Waals surface area contributed by atoms with Crippen molar-refractivity contribution < 1.29 is 0 Å². The van der Waals surface area contributed by atoms with Crippen LogP contribution in [0.1, 0.15) is 12.8 Å². The van der Waals surface area contributed by atoms with Crippen LogP contribution in [0, 0.1) is 0 Å². The minimum absolute atomic E-state index is 0. The third-order valence-electron chi connectivity index (χ3n) is 5.98. The molecule has 0 saturated carbocycles. The number of hydrogen-bond donors (Lipinski definition) is 0. The smallest absolute Gasteiger partial charge is 0.332 e. The molecular formula is C21H27Cl3N6O2. The Labute approximate surface area is 202 Å². The summed E-state index contributed by atoms with van der Waals surface area (Å²) < 4.78 is 4.40. The van der Waals surface area contributed by atoms with Gasteiger partial charge in [-0.2, -0.15) is 0 Å². The number of aryl methyl sites for hydroxylation is 2. The number of piperazine rings is 1. The molecule has 1 aliphatic heterocycles. The fraction of sp³-hybridized carbons (Fsp3) is 0.476. The van der Waals surface area contributed by atoms with E-state index < -0.39 is 0 Å². The second-order valence-electron chi connectivity index (χ2n) is 7.92. The second kappa shape index (κ2) is 10.3. The summed E-state index contributed by atoms with van der Waals surface area (Å²) in [5, 5.41) is 1.21. The lowest BCUT2D eigenvalue weighted by Gasteiger charge is -2.36. The first kappa shape index (κ1) is 24.6. The van der Waals surface area contributed by atoms with Crippen LogP contribution in [-0.2, 0) is 20.6 Å². The minimum Gasteiger partial charge on any atom is -0.368 e. The van der Waals surface area contributed by atoms with Crippen LogP contribution in [0.2, 0.25) is 10.0 Å². The van der Waals surface area contributed by atoms with E-state index in [1.165, 1.54) is 11.6 Å². The number of rotatable bonds is 6. The summed E-state index contributed by atoms with van der Waals surface area (Å²) in [6, 6.07) is 5.75. The Morgan fingerprint density at radius 2 is 1.66 bits per heavy atom. The molecular weight excluding hydrogens is 475 g/mol. The highest BCUT2D eigenvalue weighted by Crippen LogP contribution is 2.32. The normalized spacial score (nSPS) is 14.7. The molecule has 0 N–H and O–H groups in total. The van der Waals surface area contributed by atoms with E-state index in [0.29, 0.717) is 27.8 Å². The quantitative estimate of drug-likeness (QED) is 0.486. The summed E-state index contributed by atoms with van der Waals surface area (Å²) in [4.78, 5) is 33.6. The van der Waals surface area contributed by atoms with Crippen LogP contribution < -0.4 is 16.1 Å². The molecule has 0 spiro atoms. The maximum atomic E-state index is 12.5. The van der Waals surface area contributed by atoms with Crippen LogP contribution in [0.4, 0.5) is 5.69 Å². The summed E-state index contributed by atoms with van der Waals surface area (Å²) in [7, 11) is 3.13. The van der Waals surface area contributed by atoms with Crippen LogP contribution >= 0.6 is 35.6 Å². The van der Waals surface area contributed by atoms with Crippen molar-refractivity contribution in [3.8, 4) is 0 Å². The lowest BCUT2D eigenvalue weighted by Crippen LogP contribution is -2.46. The van der Waals surface area contributed by atoms with Crippen molar-refractivity contribution in [3.05, 3.63) is 55.4 Å². The van der Waals surface area contributed by atoms with Crippen LogP contribution in [0.25, 0.3) is 11.2 Å². The van der Waals surface area contributed by atoms with Gasteiger partial charge >= 0.3 is 5.69 Å². The molecule has 0 amide bonds. The Hall–Kier alpha value is -2.00. The van der Waals surface area contributed by atoms with Gasteiger partial charge < -0.3 is 9.47 Å². The number of hydrogen-bond acceptors (Lipinski definition) is 5. The van der Waals surface area contributed by atoms with Crippen molar-refractivity contribution >= 4 is 52.5 Å². The van der Waals surface area contributed by atoms with Gasteiger partial charge in [-0.05, 0) is 31.5 Å². The van der Waals surface area contributed by atoms with Crippen molar-refractivity contribution in [2.45, 2.75) is 19.4 Å². The first-order chi connectivity index (χ1) is 14.9. The van der Waals surface area contributed by atoms with E-state index in [-0.39, 0.29) is 23.7 Å². The highest BCUT2D eigenvalue weighted by atomic mass is 35.5. The molecule has 174 valence electrons. The minimum atomic E-state index is -0.360. The molecule has 0 bridgehead atoms. The van der Waals surface area contributed by atoms with Crippen molar-refractivity contribution in [2.24, 2.45) is 14.1 Å². The average Bonchev–Trinajstić information content (AvgIpc) is 3.20. The number of aromatic nitrogens is 4. The zero-order valence-electron chi connectivity index (χ0n) is 18.1.